The van der Waals surface area contributed by atoms with Crippen LogP contribution in [0.15, 0.2) is 0 Å². The molecule has 4 heteroatoms. The molecule has 0 bridgehead atoms. The molecule has 0 aliphatic heterocycles. The summed E-state index contributed by atoms with van der Waals surface area (Å²) in [6, 6.07) is 0. The van der Waals surface area contributed by atoms with Gasteiger partial charge in [-0.3, -0.25) is 0 Å². The van der Waals surface area contributed by atoms with Gasteiger partial charge in [0.15, 0.2) is 0 Å². The average Bonchev–Trinajstić information content (AvgIpc) is 2.17. The topological polar surface area (TPSA) is 30.5 Å². The van der Waals surface area contributed by atoms with Crippen LogP contribution >= 0.6 is 0 Å². The maximum Gasteiger partial charge on any atom is 0.336 e. The SMILES string of the molecule is CCC(C)(C)O[SiH](CNC)OC(C)(C)CC. The minimum Gasteiger partial charge on any atom is -0.391 e. The first-order valence-electron chi connectivity index (χ1n) is 6.26. The van der Waals surface area contributed by atoms with Crippen molar-refractivity contribution in [1.29, 1.82) is 0 Å². The predicted molar refractivity (Wildman–Crippen MR) is 72.0 cm³/mol. The highest BCUT2D eigenvalue weighted by Crippen LogP contribution is 2.20. The molecule has 0 aliphatic rings. The first kappa shape index (κ1) is 16.1. The lowest BCUT2D eigenvalue weighted by Gasteiger charge is -2.34. The van der Waals surface area contributed by atoms with E-state index >= 15 is 0 Å². The molecule has 0 aliphatic carbocycles. The summed E-state index contributed by atoms with van der Waals surface area (Å²) in [7, 11) is 0.319. The van der Waals surface area contributed by atoms with E-state index in [4.69, 9.17) is 8.85 Å². The molecule has 0 unspecified atom stereocenters. The van der Waals surface area contributed by atoms with Gasteiger partial charge in [0.25, 0.3) is 0 Å². The Morgan fingerprint density at radius 1 is 0.938 bits per heavy atom. The van der Waals surface area contributed by atoms with Gasteiger partial charge in [0.05, 0.1) is 11.2 Å². The molecule has 0 fully saturated rings. The molecular formula is C12H29NO2Si. The monoisotopic (exact) mass is 247 g/mol. The van der Waals surface area contributed by atoms with Crippen LogP contribution in [0.4, 0.5) is 0 Å². The zero-order chi connectivity index (χ0) is 12.8. The molecule has 0 heterocycles. The van der Waals surface area contributed by atoms with Gasteiger partial charge in [0.2, 0.25) is 0 Å². The van der Waals surface area contributed by atoms with Crippen molar-refractivity contribution in [1.82, 2.24) is 5.32 Å². The van der Waals surface area contributed by atoms with Crippen LogP contribution in [0, 0.1) is 0 Å². The Morgan fingerprint density at radius 2 is 1.31 bits per heavy atom. The average molecular weight is 247 g/mol. The molecule has 0 amide bonds. The van der Waals surface area contributed by atoms with E-state index < -0.39 is 9.28 Å². The van der Waals surface area contributed by atoms with Crippen LogP contribution < -0.4 is 5.32 Å². The molecule has 0 aromatic rings. The molecule has 0 saturated heterocycles. The maximum absolute atomic E-state index is 6.12. The zero-order valence-corrected chi connectivity index (χ0v) is 13.2. The van der Waals surface area contributed by atoms with Crippen molar-refractivity contribution < 1.29 is 8.85 Å². The molecule has 0 aromatic heterocycles. The van der Waals surface area contributed by atoms with Crippen molar-refractivity contribution in [2.75, 3.05) is 13.2 Å². The van der Waals surface area contributed by atoms with Crippen molar-refractivity contribution in [3.63, 3.8) is 0 Å². The second-order valence-electron chi connectivity index (χ2n) is 5.45. The van der Waals surface area contributed by atoms with Crippen molar-refractivity contribution in [2.24, 2.45) is 0 Å². The van der Waals surface area contributed by atoms with Crippen molar-refractivity contribution in [3.05, 3.63) is 0 Å². The molecule has 0 saturated carbocycles. The summed E-state index contributed by atoms with van der Waals surface area (Å²) in [5, 5.41) is 3.17. The van der Waals surface area contributed by atoms with Crippen LogP contribution in [0.5, 0.6) is 0 Å². The first-order valence-corrected chi connectivity index (χ1v) is 8.02. The summed E-state index contributed by atoms with van der Waals surface area (Å²) < 4.78 is 12.2. The Bertz CT molecular complexity index is 177. The van der Waals surface area contributed by atoms with Crippen LogP contribution in [-0.2, 0) is 8.85 Å². The largest absolute Gasteiger partial charge is 0.391 e. The van der Waals surface area contributed by atoms with Gasteiger partial charge in [-0.2, -0.15) is 0 Å². The first-order chi connectivity index (χ1) is 7.26. The summed E-state index contributed by atoms with van der Waals surface area (Å²) >= 11 is 0. The highest BCUT2D eigenvalue weighted by Gasteiger charge is 2.28. The Hall–Kier alpha value is 0.0969. The molecule has 0 atom stereocenters. The lowest BCUT2D eigenvalue weighted by molar-refractivity contribution is 0.0132. The normalized spacial score (nSPS) is 13.5. The summed E-state index contributed by atoms with van der Waals surface area (Å²) in [6.45, 7) is 12.8. The zero-order valence-electron chi connectivity index (χ0n) is 12.0. The third-order valence-corrected chi connectivity index (χ3v) is 5.52. The summed E-state index contributed by atoms with van der Waals surface area (Å²) in [4.78, 5) is 0. The standard InChI is InChI=1S/C12H29NO2Si/c1-8-11(3,4)14-16(10-13-7)15-12(5,6)9-2/h13,16H,8-10H2,1-7H3. The van der Waals surface area contributed by atoms with Gasteiger partial charge in [-0.05, 0) is 47.6 Å². The molecule has 0 radical (unpaired) electrons. The quantitative estimate of drug-likeness (QED) is 0.668. The summed E-state index contributed by atoms with van der Waals surface area (Å²) in [5.41, 5.74) is -0.144. The van der Waals surface area contributed by atoms with Crippen LogP contribution in [0.25, 0.3) is 0 Å². The Labute approximate surface area is 103 Å². The van der Waals surface area contributed by atoms with Crippen LogP contribution in [0.2, 0.25) is 0 Å². The number of hydrogen-bond acceptors (Lipinski definition) is 3. The van der Waals surface area contributed by atoms with E-state index in [1.165, 1.54) is 0 Å². The molecule has 1 N–H and O–H groups in total. The molecule has 3 nitrogen and oxygen atoms in total. The van der Waals surface area contributed by atoms with E-state index in [1.54, 1.807) is 0 Å². The van der Waals surface area contributed by atoms with Gasteiger partial charge in [-0.1, -0.05) is 13.8 Å². The van der Waals surface area contributed by atoms with Crippen LogP contribution in [0.3, 0.4) is 0 Å². The fourth-order valence-corrected chi connectivity index (χ4v) is 3.46. The highest BCUT2D eigenvalue weighted by molar-refractivity contribution is 6.44. The van der Waals surface area contributed by atoms with E-state index in [9.17, 15) is 0 Å². The van der Waals surface area contributed by atoms with E-state index in [-0.39, 0.29) is 11.2 Å². The fraction of sp³-hybridized carbons (Fsp3) is 1.00. The molecule has 0 spiro atoms. The third-order valence-electron chi connectivity index (χ3n) is 2.97. The second kappa shape index (κ2) is 6.74. The summed E-state index contributed by atoms with van der Waals surface area (Å²) in [5.74, 6) is 0. The van der Waals surface area contributed by atoms with Gasteiger partial charge < -0.3 is 14.2 Å². The van der Waals surface area contributed by atoms with E-state index in [1.807, 2.05) is 7.05 Å². The Kier molecular flexibility index (Phi) is 6.78. The van der Waals surface area contributed by atoms with E-state index in [0.717, 1.165) is 19.0 Å². The van der Waals surface area contributed by atoms with Gasteiger partial charge in [0, 0.05) is 6.17 Å². The lowest BCUT2D eigenvalue weighted by Crippen LogP contribution is -2.46. The Balaban J connectivity index is 4.38. The second-order valence-corrected chi connectivity index (χ2v) is 7.19. The van der Waals surface area contributed by atoms with Gasteiger partial charge >= 0.3 is 9.28 Å². The predicted octanol–water partition coefficient (Wildman–Crippen LogP) is 2.38. The van der Waals surface area contributed by atoms with Crippen molar-refractivity contribution in [2.45, 2.75) is 65.6 Å². The van der Waals surface area contributed by atoms with Gasteiger partial charge in [-0.15, -0.1) is 0 Å². The minimum absolute atomic E-state index is 0.0719. The molecule has 16 heavy (non-hydrogen) atoms. The molecule has 0 rings (SSSR count). The van der Waals surface area contributed by atoms with E-state index in [2.05, 4.69) is 46.9 Å². The third kappa shape index (κ3) is 6.63. The van der Waals surface area contributed by atoms with Crippen molar-refractivity contribution in [3.8, 4) is 0 Å². The number of hydrogen-bond donors (Lipinski definition) is 1. The van der Waals surface area contributed by atoms with Gasteiger partial charge in [0.1, 0.15) is 0 Å². The lowest BCUT2D eigenvalue weighted by atomic mass is 10.1. The number of rotatable bonds is 8. The van der Waals surface area contributed by atoms with Gasteiger partial charge in [-0.25, -0.2) is 0 Å². The molecular weight excluding hydrogens is 218 g/mol. The highest BCUT2D eigenvalue weighted by atomic mass is 28.3. The van der Waals surface area contributed by atoms with Crippen molar-refractivity contribution >= 4 is 9.28 Å². The van der Waals surface area contributed by atoms with E-state index in [0.29, 0.717) is 0 Å². The number of nitrogens with one attached hydrogen (secondary N) is 1. The summed E-state index contributed by atoms with van der Waals surface area (Å²) in [6.07, 6.45) is 2.87. The van der Waals surface area contributed by atoms with Crippen LogP contribution in [0.1, 0.15) is 54.4 Å². The molecule has 0 aromatic carbocycles. The van der Waals surface area contributed by atoms with Crippen LogP contribution in [-0.4, -0.2) is 33.7 Å². The minimum atomic E-state index is -1.63. The fourth-order valence-electron chi connectivity index (χ4n) is 1.15. The molecule has 98 valence electrons. The maximum atomic E-state index is 6.12. The Morgan fingerprint density at radius 3 is 1.56 bits per heavy atom. The smallest absolute Gasteiger partial charge is 0.336 e.